The van der Waals surface area contributed by atoms with E-state index in [-0.39, 0.29) is 11.8 Å². The average molecular weight is 332 g/mol. The van der Waals surface area contributed by atoms with E-state index in [0.717, 1.165) is 6.42 Å². The number of halogens is 1. The van der Waals surface area contributed by atoms with E-state index >= 15 is 0 Å². The number of aromatic nitrogens is 2. The molecule has 128 valence electrons. The number of ether oxygens (including phenoxy) is 1. The first kappa shape index (κ1) is 16.4. The van der Waals surface area contributed by atoms with E-state index in [4.69, 9.17) is 4.74 Å². The van der Waals surface area contributed by atoms with Crippen LogP contribution in [0.1, 0.15) is 13.3 Å². The zero-order chi connectivity index (χ0) is 16.9. The van der Waals surface area contributed by atoms with E-state index in [2.05, 4.69) is 10.4 Å². The minimum Gasteiger partial charge on any atom is -0.381 e. The molecule has 7 heteroatoms. The van der Waals surface area contributed by atoms with Crippen molar-refractivity contribution in [3.8, 4) is 5.69 Å². The van der Waals surface area contributed by atoms with Crippen molar-refractivity contribution in [2.24, 2.45) is 5.92 Å². The highest BCUT2D eigenvalue weighted by atomic mass is 19.1. The number of urea groups is 1. The molecule has 24 heavy (non-hydrogen) atoms. The van der Waals surface area contributed by atoms with Crippen LogP contribution in [0, 0.1) is 11.7 Å². The van der Waals surface area contributed by atoms with Crippen LogP contribution in [0.25, 0.3) is 5.69 Å². The van der Waals surface area contributed by atoms with Gasteiger partial charge in [-0.15, -0.1) is 0 Å². The number of anilines is 1. The summed E-state index contributed by atoms with van der Waals surface area (Å²) >= 11 is 0. The van der Waals surface area contributed by atoms with Gasteiger partial charge in [-0.05, 0) is 25.5 Å². The van der Waals surface area contributed by atoms with Gasteiger partial charge in [-0.2, -0.15) is 5.10 Å². The number of benzene rings is 1. The number of carbonyl (C=O) groups excluding carboxylic acids is 1. The third kappa shape index (κ3) is 3.73. The Bertz CT molecular complexity index is 703. The normalized spacial score (nSPS) is 17.2. The van der Waals surface area contributed by atoms with E-state index < -0.39 is 0 Å². The van der Waals surface area contributed by atoms with Crippen LogP contribution in [0.5, 0.6) is 0 Å². The van der Waals surface area contributed by atoms with Crippen LogP contribution < -0.4 is 5.32 Å². The van der Waals surface area contributed by atoms with Crippen molar-refractivity contribution in [1.29, 1.82) is 0 Å². The summed E-state index contributed by atoms with van der Waals surface area (Å²) in [6.45, 7) is 4.74. The predicted molar refractivity (Wildman–Crippen MR) is 88.7 cm³/mol. The second-order valence-electron chi connectivity index (χ2n) is 5.82. The summed E-state index contributed by atoms with van der Waals surface area (Å²) in [6, 6.07) is 6.20. The fourth-order valence-electron chi connectivity index (χ4n) is 2.80. The van der Waals surface area contributed by atoms with Crippen LogP contribution in [0.15, 0.2) is 36.7 Å². The summed E-state index contributed by atoms with van der Waals surface area (Å²) in [7, 11) is 0. The Hall–Kier alpha value is -2.41. The number of hydrogen-bond donors (Lipinski definition) is 1. The summed E-state index contributed by atoms with van der Waals surface area (Å²) in [5.74, 6) is 0.0219. The molecule has 2 amide bonds. The van der Waals surface area contributed by atoms with Crippen molar-refractivity contribution in [3.05, 3.63) is 42.5 Å². The zero-order valence-electron chi connectivity index (χ0n) is 13.6. The predicted octanol–water partition coefficient (Wildman–Crippen LogP) is 2.90. The van der Waals surface area contributed by atoms with Crippen molar-refractivity contribution in [3.63, 3.8) is 0 Å². The van der Waals surface area contributed by atoms with Gasteiger partial charge < -0.3 is 15.0 Å². The highest BCUT2D eigenvalue weighted by Crippen LogP contribution is 2.19. The highest BCUT2D eigenvalue weighted by Gasteiger charge is 2.26. The quantitative estimate of drug-likeness (QED) is 0.916. The number of carbonyl (C=O) groups is 1. The molecule has 1 aromatic heterocycles. The topological polar surface area (TPSA) is 59.4 Å². The number of hydrogen-bond acceptors (Lipinski definition) is 3. The minimum atomic E-state index is -0.364. The van der Waals surface area contributed by atoms with Gasteiger partial charge >= 0.3 is 6.03 Å². The Morgan fingerprint density at radius 3 is 3.08 bits per heavy atom. The van der Waals surface area contributed by atoms with Crippen LogP contribution in [0.4, 0.5) is 14.9 Å². The minimum absolute atomic E-state index is 0.165. The van der Waals surface area contributed by atoms with Gasteiger partial charge in [0.2, 0.25) is 0 Å². The average Bonchev–Trinajstić information content (AvgIpc) is 3.23. The maximum absolute atomic E-state index is 13.8. The van der Waals surface area contributed by atoms with Gasteiger partial charge in [0.1, 0.15) is 11.5 Å². The molecule has 1 fully saturated rings. The molecular weight excluding hydrogens is 311 g/mol. The van der Waals surface area contributed by atoms with Gasteiger partial charge in [-0.3, -0.25) is 0 Å². The molecule has 0 spiro atoms. The zero-order valence-corrected chi connectivity index (χ0v) is 13.6. The van der Waals surface area contributed by atoms with Crippen molar-refractivity contribution < 1.29 is 13.9 Å². The number of amides is 2. The molecule has 1 aromatic carbocycles. The van der Waals surface area contributed by atoms with E-state index in [1.54, 1.807) is 29.3 Å². The lowest BCUT2D eigenvalue weighted by molar-refractivity contribution is 0.113. The van der Waals surface area contributed by atoms with Crippen LogP contribution in [-0.4, -0.2) is 47.0 Å². The molecule has 0 bridgehead atoms. The molecule has 1 aliphatic rings. The van der Waals surface area contributed by atoms with Crippen molar-refractivity contribution in [1.82, 2.24) is 14.7 Å². The highest BCUT2D eigenvalue weighted by molar-refractivity contribution is 5.89. The van der Waals surface area contributed by atoms with Crippen LogP contribution >= 0.6 is 0 Å². The largest absolute Gasteiger partial charge is 0.381 e. The molecule has 0 saturated carbocycles. The number of para-hydroxylation sites is 1. The van der Waals surface area contributed by atoms with E-state index in [0.29, 0.717) is 43.6 Å². The molecule has 0 radical (unpaired) electrons. The summed E-state index contributed by atoms with van der Waals surface area (Å²) in [5, 5.41) is 6.92. The molecule has 6 nitrogen and oxygen atoms in total. The Labute approximate surface area is 140 Å². The fraction of sp³-hybridized carbons (Fsp3) is 0.412. The Kier molecular flexibility index (Phi) is 5.10. The van der Waals surface area contributed by atoms with Gasteiger partial charge in [-0.25, -0.2) is 13.9 Å². The standard InChI is InChI=1S/C17H21FN4O2/c1-2-24-12-13-7-8-21(10-13)17(23)20-14-9-19-22(11-14)16-6-4-3-5-15(16)18/h3-6,9,11,13H,2,7-8,10,12H2,1H3,(H,20,23)/t13-/m1/s1. The smallest absolute Gasteiger partial charge is 0.321 e. The Balaban J connectivity index is 1.59. The van der Waals surface area contributed by atoms with E-state index in [1.807, 2.05) is 6.92 Å². The first-order valence-electron chi connectivity index (χ1n) is 8.10. The molecular formula is C17H21FN4O2. The second kappa shape index (κ2) is 7.44. The second-order valence-corrected chi connectivity index (χ2v) is 5.82. The Morgan fingerprint density at radius 1 is 1.46 bits per heavy atom. The van der Waals surface area contributed by atoms with Gasteiger partial charge in [-0.1, -0.05) is 12.1 Å². The third-order valence-corrected chi connectivity index (χ3v) is 4.06. The van der Waals surface area contributed by atoms with Crippen LogP contribution in [0.2, 0.25) is 0 Å². The summed E-state index contributed by atoms with van der Waals surface area (Å²) in [4.78, 5) is 14.1. The summed E-state index contributed by atoms with van der Waals surface area (Å²) in [6.07, 6.45) is 4.06. The monoisotopic (exact) mass is 332 g/mol. The maximum atomic E-state index is 13.8. The Morgan fingerprint density at radius 2 is 2.29 bits per heavy atom. The molecule has 2 heterocycles. The van der Waals surface area contributed by atoms with Crippen LogP contribution in [0.3, 0.4) is 0 Å². The lowest BCUT2D eigenvalue weighted by atomic mass is 10.1. The lowest BCUT2D eigenvalue weighted by Gasteiger charge is -2.16. The molecule has 3 rings (SSSR count). The third-order valence-electron chi connectivity index (χ3n) is 4.06. The SMILES string of the molecule is CCOC[C@@H]1CCN(C(=O)Nc2cnn(-c3ccccc3F)c2)C1. The summed E-state index contributed by atoms with van der Waals surface area (Å²) in [5.41, 5.74) is 0.882. The maximum Gasteiger partial charge on any atom is 0.321 e. The molecule has 1 atom stereocenters. The van der Waals surface area contributed by atoms with Crippen molar-refractivity contribution in [2.45, 2.75) is 13.3 Å². The molecule has 2 aromatic rings. The molecule has 0 aliphatic carbocycles. The van der Waals surface area contributed by atoms with Crippen molar-refractivity contribution >= 4 is 11.7 Å². The summed E-state index contributed by atoms with van der Waals surface area (Å²) < 4.78 is 20.6. The van der Waals surface area contributed by atoms with Gasteiger partial charge in [0.05, 0.1) is 24.7 Å². The van der Waals surface area contributed by atoms with E-state index in [1.165, 1.54) is 16.9 Å². The van der Waals surface area contributed by atoms with Gasteiger partial charge in [0, 0.05) is 25.6 Å². The number of rotatable bonds is 5. The first-order chi connectivity index (χ1) is 11.7. The molecule has 1 N–H and O–H groups in total. The lowest BCUT2D eigenvalue weighted by Crippen LogP contribution is -2.33. The number of nitrogens with zero attached hydrogens (tertiary/aromatic N) is 3. The number of nitrogens with one attached hydrogen (secondary N) is 1. The number of likely N-dealkylation sites (tertiary alicyclic amines) is 1. The fourth-order valence-corrected chi connectivity index (χ4v) is 2.80. The molecule has 1 saturated heterocycles. The molecule has 1 aliphatic heterocycles. The van der Waals surface area contributed by atoms with Gasteiger partial charge in [0.25, 0.3) is 0 Å². The van der Waals surface area contributed by atoms with Crippen molar-refractivity contribution in [2.75, 3.05) is 31.6 Å². The van der Waals surface area contributed by atoms with E-state index in [9.17, 15) is 9.18 Å². The molecule has 0 unspecified atom stereocenters. The first-order valence-corrected chi connectivity index (χ1v) is 8.10. The van der Waals surface area contributed by atoms with Gasteiger partial charge in [0.15, 0.2) is 0 Å². The van der Waals surface area contributed by atoms with Crippen LogP contribution in [-0.2, 0) is 4.74 Å².